The molecule has 0 amide bonds. The van der Waals surface area contributed by atoms with Crippen LogP contribution < -0.4 is 0 Å². The molecule has 0 aliphatic rings. The van der Waals surface area contributed by atoms with Crippen LogP contribution in [0.2, 0.25) is 0 Å². The molecule has 0 heterocycles. The summed E-state index contributed by atoms with van der Waals surface area (Å²) >= 11 is 0. The average molecular weight is 278 g/mol. The minimum absolute atomic E-state index is 0.0879. The maximum Gasteiger partial charge on any atom is 0.303 e. The zero-order chi connectivity index (χ0) is 13.8. The SMILES string of the molecule is O=C(O)CCCCS(=O)(=O)c1cc(F)ccc1F. The lowest BCUT2D eigenvalue weighted by atomic mass is 10.2. The fourth-order valence-electron chi connectivity index (χ4n) is 1.39. The molecule has 0 saturated heterocycles. The van der Waals surface area contributed by atoms with Gasteiger partial charge >= 0.3 is 5.97 Å². The molecule has 0 spiro atoms. The van der Waals surface area contributed by atoms with Crippen molar-refractivity contribution in [2.45, 2.75) is 24.2 Å². The predicted octanol–water partition coefficient (Wildman–Crippen LogP) is 1.99. The maximum absolute atomic E-state index is 13.3. The summed E-state index contributed by atoms with van der Waals surface area (Å²) in [6.07, 6.45) is 0.108. The fraction of sp³-hybridized carbons (Fsp3) is 0.364. The first-order valence-corrected chi connectivity index (χ1v) is 6.88. The molecule has 0 atom stereocenters. The van der Waals surface area contributed by atoms with Crippen LogP contribution in [0.15, 0.2) is 23.1 Å². The van der Waals surface area contributed by atoms with Gasteiger partial charge in [-0.25, -0.2) is 17.2 Å². The van der Waals surface area contributed by atoms with Gasteiger partial charge in [-0.2, -0.15) is 0 Å². The van der Waals surface area contributed by atoms with Crippen molar-refractivity contribution in [3.8, 4) is 0 Å². The quantitative estimate of drug-likeness (QED) is 0.808. The molecule has 0 aliphatic carbocycles. The summed E-state index contributed by atoms with van der Waals surface area (Å²) in [5.74, 6) is -3.26. The number of halogens is 2. The molecule has 0 unspecified atom stereocenters. The van der Waals surface area contributed by atoms with Crippen LogP contribution in [-0.2, 0) is 14.6 Å². The first kappa shape index (κ1) is 14.6. The zero-order valence-electron chi connectivity index (χ0n) is 9.40. The van der Waals surface area contributed by atoms with Gasteiger partial charge in [0.1, 0.15) is 16.5 Å². The van der Waals surface area contributed by atoms with Crippen LogP contribution in [0.5, 0.6) is 0 Å². The number of aliphatic carboxylic acids is 1. The molecule has 0 aliphatic heterocycles. The van der Waals surface area contributed by atoms with Gasteiger partial charge in [-0.3, -0.25) is 4.79 Å². The number of hydrogen-bond acceptors (Lipinski definition) is 3. The van der Waals surface area contributed by atoms with E-state index in [9.17, 15) is 22.0 Å². The van der Waals surface area contributed by atoms with E-state index in [1.807, 2.05) is 0 Å². The van der Waals surface area contributed by atoms with E-state index in [-0.39, 0.29) is 19.3 Å². The summed E-state index contributed by atoms with van der Waals surface area (Å²) in [7, 11) is -3.92. The number of sulfone groups is 1. The summed E-state index contributed by atoms with van der Waals surface area (Å²) in [6, 6.07) is 2.21. The highest BCUT2D eigenvalue weighted by Gasteiger charge is 2.19. The van der Waals surface area contributed by atoms with E-state index >= 15 is 0 Å². The lowest BCUT2D eigenvalue weighted by molar-refractivity contribution is -0.137. The largest absolute Gasteiger partial charge is 0.481 e. The molecule has 1 N–H and O–H groups in total. The summed E-state index contributed by atoms with van der Waals surface area (Å²) in [6.45, 7) is 0. The van der Waals surface area contributed by atoms with Gasteiger partial charge in [-0.1, -0.05) is 0 Å². The summed E-state index contributed by atoms with van der Waals surface area (Å²) in [4.78, 5) is 9.55. The summed E-state index contributed by atoms with van der Waals surface area (Å²) in [5, 5.41) is 8.38. The third-order valence-corrected chi connectivity index (χ3v) is 4.09. The first-order valence-electron chi connectivity index (χ1n) is 5.22. The summed E-state index contributed by atoms with van der Waals surface area (Å²) < 4.78 is 49.5. The van der Waals surface area contributed by atoms with Crippen LogP contribution >= 0.6 is 0 Å². The molecule has 18 heavy (non-hydrogen) atoms. The Balaban J connectivity index is 2.74. The van der Waals surface area contributed by atoms with E-state index in [0.717, 1.165) is 12.1 Å². The van der Waals surface area contributed by atoms with Crippen molar-refractivity contribution < 1.29 is 27.1 Å². The van der Waals surface area contributed by atoms with Crippen LogP contribution in [0.25, 0.3) is 0 Å². The number of hydrogen-bond donors (Lipinski definition) is 1. The van der Waals surface area contributed by atoms with Gasteiger partial charge in [0.15, 0.2) is 9.84 Å². The summed E-state index contributed by atoms with van der Waals surface area (Å²) in [5.41, 5.74) is 0. The second-order valence-corrected chi connectivity index (χ2v) is 5.82. The highest BCUT2D eigenvalue weighted by Crippen LogP contribution is 2.18. The Hall–Kier alpha value is -1.50. The number of benzene rings is 1. The van der Waals surface area contributed by atoms with Crippen molar-refractivity contribution in [3.05, 3.63) is 29.8 Å². The number of carbonyl (C=O) groups is 1. The standard InChI is InChI=1S/C11H12F2O4S/c12-8-4-5-9(13)10(7-8)18(16,17)6-2-1-3-11(14)15/h4-5,7H,1-3,6H2,(H,14,15). The van der Waals surface area contributed by atoms with Crippen molar-refractivity contribution in [1.82, 2.24) is 0 Å². The molecule has 0 aromatic heterocycles. The van der Waals surface area contributed by atoms with E-state index in [1.165, 1.54) is 0 Å². The van der Waals surface area contributed by atoms with E-state index < -0.39 is 38.1 Å². The van der Waals surface area contributed by atoms with E-state index in [1.54, 1.807) is 0 Å². The molecule has 0 saturated carbocycles. The molecule has 1 rings (SSSR count). The van der Waals surface area contributed by atoms with Crippen molar-refractivity contribution in [2.75, 3.05) is 5.75 Å². The van der Waals surface area contributed by atoms with Crippen LogP contribution in [0, 0.1) is 11.6 Å². The smallest absolute Gasteiger partial charge is 0.303 e. The average Bonchev–Trinajstić information content (AvgIpc) is 2.27. The van der Waals surface area contributed by atoms with E-state index in [2.05, 4.69) is 0 Å². The van der Waals surface area contributed by atoms with Gasteiger partial charge in [-0.15, -0.1) is 0 Å². The van der Waals surface area contributed by atoms with Gasteiger partial charge in [0.05, 0.1) is 5.75 Å². The molecule has 1 aromatic carbocycles. The predicted molar refractivity (Wildman–Crippen MR) is 59.9 cm³/mol. The van der Waals surface area contributed by atoms with Crippen LogP contribution in [0.1, 0.15) is 19.3 Å². The number of carboxylic acid groups (broad SMARTS) is 1. The normalized spacial score (nSPS) is 11.4. The van der Waals surface area contributed by atoms with Gasteiger partial charge in [0, 0.05) is 6.42 Å². The molecule has 7 heteroatoms. The molecule has 0 fully saturated rings. The topological polar surface area (TPSA) is 71.4 Å². The Morgan fingerprint density at radius 3 is 2.50 bits per heavy atom. The Kier molecular flexibility index (Phi) is 4.77. The van der Waals surface area contributed by atoms with E-state index in [4.69, 9.17) is 5.11 Å². The molecule has 4 nitrogen and oxygen atoms in total. The highest BCUT2D eigenvalue weighted by molar-refractivity contribution is 7.91. The molecular formula is C11H12F2O4S. The van der Waals surface area contributed by atoms with Crippen molar-refractivity contribution in [1.29, 1.82) is 0 Å². The van der Waals surface area contributed by atoms with Gasteiger partial charge in [0.2, 0.25) is 0 Å². The molecule has 1 aromatic rings. The first-order chi connectivity index (χ1) is 8.33. The minimum atomic E-state index is -3.92. The van der Waals surface area contributed by atoms with Crippen molar-refractivity contribution >= 4 is 15.8 Å². The van der Waals surface area contributed by atoms with Crippen LogP contribution in [0.4, 0.5) is 8.78 Å². The van der Waals surface area contributed by atoms with Crippen LogP contribution in [-0.4, -0.2) is 25.2 Å². The highest BCUT2D eigenvalue weighted by atomic mass is 32.2. The van der Waals surface area contributed by atoms with Crippen molar-refractivity contribution in [2.24, 2.45) is 0 Å². The lowest BCUT2D eigenvalue weighted by Crippen LogP contribution is -2.10. The Bertz CT molecular complexity index is 540. The Morgan fingerprint density at radius 1 is 1.22 bits per heavy atom. The molecule has 0 radical (unpaired) electrons. The third kappa shape index (κ3) is 4.06. The number of rotatable bonds is 6. The fourth-order valence-corrected chi connectivity index (χ4v) is 2.86. The third-order valence-electron chi connectivity index (χ3n) is 2.28. The molecular weight excluding hydrogens is 266 g/mol. The van der Waals surface area contributed by atoms with Gasteiger partial charge < -0.3 is 5.11 Å². The van der Waals surface area contributed by atoms with Gasteiger partial charge in [0.25, 0.3) is 0 Å². The maximum atomic E-state index is 13.3. The second kappa shape index (κ2) is 5.90. The van der Waals surface area contributed by atoms with Crippen LogP contribution in [0.3, 0.4) is 0 Å². The van der Waals surface area contributed by atoms with Gasteiger partial charge in [-0.05, 0) is 31.0 Å². The molecule has 0 bridgehead atoms. The van der Waals surface area contributed by atoms with E-state index in [0.29, 0.717) is 6.07 Å². The number of carboxylic acids is 1. The number of unbranched alkanes of at least 4 members (excludes halogenated alkanes) is 1. The Labute approximate surface area is 103 Å². The van der Waals surface area contributed by atoms with Crippen molar-refractivity contribution in [3.63, 3.8) is 0 Å². The second-order valence-electron chi connectivity index (χ2n) is 3.74. The monoisotopic (exact) mass is 278 g/mol. The molecule has 100 valence electrons. The Morgan fingerprint density at radius 2 is 1.89 bits per heavy atom. The lowest BCUT2D eigenvalue weighted by Gasteiger charge is -2.05. The minimum Gasteiger partial charge on any atom is -0.481 e. The zero-order valence-corrected chi connectivity index (χ0v) is 10.2.